The number of benzene rings is 9. The number of hydrogen-bond donors (Lipinski definition) is 2. The van der Waals surface area contributed by atoms with Gasteiger partial charge >= 0.3 is 34.5 Å². The second-order valence-corrected chi connectivity index (χ2v) is 30.8. The molecule has 85 heavy (non-hydrogen) atoms. The number of hydrogen-bond acceptors (Lipinski definition) is 6. The van der Waals surface area contributed by atoms with Crippen LogP contribution in [0, 0.1) is 0 Å². The second kappa shape index (κ2) is 49.9. The molecule has 0 aliphatic heterocycles. The Hall–Kier alpha value is -3.99. The van der Waals surface area contributed by atoms with Crippen LogP contribution in [0.2, 0.25) is 0 Å². The topological polar surface area (TPSA) is 58.5 Å². The molecule has 4 N–H and O–H groups in total. The summed E-state index contributed by atoms with van der Waals surface area (Å²) < 4.78 is 0. The van der Waals surface area contributed by atoms with Crippen LogP contribution >= 0.6 is 66.7 Å². The molecule has 0 aromatic heterocycles. The first-order chi connectivity index (χ1) is 41.5. The molecule has 0 unspecified atom stereocenters. The van der Waals surface area contributed by atoms with Crippen LogP contribution in [0.25, 0.3) is 0 Å². The van der Waals surface area contributed by atoms with Gasteiger partial charge < -0.3 is 21.3 Å². The van der Waals surface area contributed by atoms with E-state index >= 15 is 0 Å². The van der Waals surface area contributed by atoms with Crippen molar-refractivity contribution in [3.63, 3.8) is 0 Å². The van der Waals surface area contributed by atoms with Crippen LogP contribution in [-0.2, 0) is 15.1 Å². The average Bonchev–Trinajstić information content (AvgIpc) is 3.71. The quantitative estimate of drug-likeness (QED) is 0.0338. The van der Waals surface area contributed by atoms with Gasteiger partial charge in [-0.2, -0.15) is 23.5 Å². The third kappa shape index (κ3) is 30.7. The molecule has 4 nitrogen and oxygen atoms in total. The van der Waals surface area contributed by atoms with Crippen molar-refractivity contribution in [2.45, 2.75) is 48.0 Å². The van der Waals surface area contributed by atoms with Crippen molar-refractivity contribution in [2.75, 3.05) is 75.4 Å². The molecule has 0 fully saturated rings. The van der Waals surface area contributed by atoms with Crippen LogP contribution in [0.4, 0.5) is 0 Å². The monoisotopic (exact) mass is 1350 g/mol. The number of thioether (sulfide) groups is 2. The summed E-state index contributed by atoms with van der Waals surface area (Å²) in [6.45, 7) is 17.3. The maximum atomic E-state index is 5.52. The number of rotatable bonds is 25. The van der Waals surface area contributed by atoms with Gasteiger partial charge in [0.1, 0.15) is 0 Å². The van der Waals surface area contributed by atoms with E-state index in [1.54, 1.807) is 0 Å². The van der Waals surface area contributed by atoms with E-state index < -0.39 is 23.8 Å². The summed E-state index contributed by atoms with van der Waals surface area (Å²) in [5.41, 5.74) is 11.0. The minimum atomic E-state index is -0.446. The van der Waals surface area contributed by atoms with E-state index in [4.69, 9.17) is 30.8 Å². The smallest absolute Gasteiger partial charge is 0.0134 e. The fourth-order valence-electron chi connectivity index (χ4n) is 8.88. The van der Waals surface area contributed by atoms with Crippen molar-refractivity contribution in [2.24, 2.45) is 11.5 Å². The zero-order valence-electron chi connectivity index (χ0n) is 49.7. The van der Waals surface area contributed by atoms with E-state index in [0.29, 0.717) is 0 Å². The van der Waals surface area contributed by atoms with E-state index in [9.17, 15) is 0 Å². The summed E-state index contributed by atoms with van der Waals surface area (Å²) >= 11 is 3.67. The third-order valence-electron chi connectivity index (χ3n) is 12.6. The average molecular weight is 1360 g/mol. The van der Waals surface area contributed by atoms with Gasteiger partial charge in [0.2, 0.25) is 0 Å². The summed E-state index contributed by atoms with van der Waals surface area (Å²) in [5, 5.41) is 12.6. The first-order valence-electron chi connectivity index (χ1n) is 29.2. The first kappa shape index (κ1) is 75.3. The molecule has 0 atom stereocenters. The number of nitrogens with zero attached hydrogens (tertiary/aromatic N) is 2. The second-order valence-electron chi connectivity index (χ2n) is 18.7. The van der Waals surface area contributed by atoms with Crippen LogP contribution in [0.1, 0.15) is 48.0 Å². The van der Waals surface area contributed by atoms with Crippen molar-refractivity contribution < 1.29 is 15.1 Å². The van der Waals surface area contributed by atoms with Crippen molar-refractivity contribution in [1.82, 2.24) is 9.80 Å². The van der Waals surface area contributed by atoms with Crippen LogP contribution < -0.4 is 59.2 Å². The van der Waals surface area contributed by atoms with Gasteiger partial charge in [0.05, 0.1) is 0 Å². The molecule has 0 heterocycles. The van der Waals surface area contributed by atoms with Gasteiger partial charge in [-0.3, -0.25) is 0 Å². The summed E-state index contributed by atoms with van der Waals surface area (Å²) in [5.74, 6) is 4.94. The predicted octanol–water partition coefficient (Wildman–Crippen LogP) is 15.2. The Labute approximate surface area is 542 Å². The van der Waals surface area contributed by atoms with Crippen molar-refractivity contribution in [3.8, 4) is 0 Å². The fraction of sp³-hybridized carbons (Fsp3) is 0.260. The zero-order chi connectivity index (χ0) is 59.9. The van der Waals surface area contributed by atoms with Crippen molar-refractivity contribution >= 4 is 114 Å². The van der Waals surface area contributed by atoms with Crippen LogP contribution in [0.15, 0.2) is 273 Å². The molecule has 454 valence electrons. The molecule has 9 rings (SSSR count). The Morgan fingerprint density at radius 3 is 0.600 bits per heavy atom. The summed E-state index contributed by atoms with van der Waals surface area (Å²) in [6, 6.07) is 97.0. The largest absolute Gasteiger partial charge is 0.0622 e. The van der Waals surface area contributed by atoms with Crippen LogP contribution in [-0.4, -0.2) is 85.2 Å². The van der Waals surface area contributed by atoms with Crippen molar-refractivity contribution in [3.05, 3.63) is 273 Å². The molecule has 9 aromatic rings. The maximum Gasteiger partial charge on any atom is -0.0134 e. The minimum absolute atomic E-state index is 0. The molecule has 0 saturated carbocycles. The third-order valence-corrected chi connectivity index (χ3v) is 21.7. The van der Waals surface area contributed by atoms with Gasteiger partial charge in [-0.25, -0.2) is 0 Å². The molecule has 9 aromatic carbocycles. The summed E-state index contributed by atoms with van der Waals surface area (Å²) in [6.07, 6.45) is 2.47. The van der Waals surface area contributed by atoms with Gasteiger partial charge in [-0.1, -0.05) is 308 Å². The maximum absolute atomic E-state index is 5.52. The molecule has 0 spiro atoms. The van der Waals surface area contributed by atoms with Crippen LogP contribution in [0.5, 0.6) is 0 Å². The van der Waals surface area contributed by atoms with Gasteiger partial charge in [0, 0.05) is 50.8 Å². The molecule has 0 radical (unpaired) electrons. The molecular formula is C73H93Cl2N4P3RuS2. The summed E-state index contributed by atoms with van der Waals surface area (Å²) in [4.78, 5) is 4.89. The standard InChI is InChI=1S/3C18H15P.2C9H22N2S.CH4.2ClH.Ru/c3*1-4-10-16(11-5-1)19(17-12-6-2-7-13-17)18-14-8-3-9-15-18;2*1-3-6-11(7-5-10)8-9-12-4-2;;;;/h3*1-15H;2*3-10H2,1-2H3;1H4;2*1H;/q;;;;;;;;+2/p-2. The molecule has 0 aliphatic rings. The van der Waals surface area contributed by atoms with E-state index in [1.807, 2.05) is 23.5 Å². The Morgan fingerprint density at radius 1 is 0.306 bits per heavy atom. The van der Waals surface area contributed by atoms with Gasteiger partial charge in [0.15, 0.2) is 0 Å². The Balaban J connectivity index is 0.000000278. The number of nitrogens with two attached hydrogens (primary N) is 2. The molecular weight excluding hydrogens is 1260 g/mol. The van der Waals surface area contributed by atoms with Gasteiger partial charge in [-0.15, -0.1) is 0 Å². The molecule has 0 bridgehead atoms. The molecule has 0 aliphatic carbocycles. The fourth-order valence-corrected chi connectivity index (χ4v) is 17.1. The van der Waals surface area contributed by atoms with E-state index in [0.717, 1.165) is 26.2 Å². The predicted molar refractivity (Wildman–Crippen MR) is 391 cm³/mol. The molecule has 12 heteroatoms. The molecule has 0 amide bonds. The Morgan fingerprint density at radius 2 is 0.471 bits per heavy atom. The summed E-state index contributed by atoms with van der Waals surface area (Å²) in [7, 11) is 8.37. The van der Waals surface area contributed by atoms with Gasteiger partial charge in [0.25, 0.3) is 0 Å². The molecule has 0 saturated heterocycles. The van der Waals surface area contributed by atoms with Gasteiger partial charge in [-0.05, 0) is 109 Å². The van der Waals surface area contributed by atoms with Crippen LogP contribution in [0.3, 0.4) is 0 Å². The first-order valence-corrected chi connectivity index (χ1v) is 40.0. The van der Waals surface area contributed by atoms with E-state index in [2.05, 4.69) is 310 Å². The Kier molecular flexibility index (Phi) is 44.2. The van der Waals surface area contributed by atoms with Crippen molar-refractivity contribution in [1.29, 1.82) is 0 Å². The number of halogens is 2. The Bertz CT molecular complexity index is 2290. The minimum Gasteiger partial charge on any atom is -0.0622 e. The zero-order valence-corrected chi connectivity index (χ0v) is 57.3. The normalized spacial score (nSPS) is 10.5. The van der Waals surface area contributed by atoms with E-state index in [1.165, 1.54) is 110 Å². The van der Waals surface area contributed by atoms with E-state index in [-0.39, 0.29) is 22.6 Å². The SMILES string of the molecule is C.CCCN(CCN)CCSCC.CCCN(CCN)CCSCC.[Cl][Ru][Cl].c1ccc(P(c2ccccc2)c2ccccc2)cc1.c1ccc(P(c2ccccc2)c2ccccc2)cc1.c1ccc(P(c2ccccc2)c2ccccc2)cc1.